The number of carbonyl (C=O) groups excluding carboxylic acids is 2. The van der Waals surface area contributed by atoms with Gasteiger partial charge in [-0.05, 0) is 6.42 Å². The summed E-state index contributed by atoms with van der Waals surface area (Å²) in [6, 6.07) is -2.02. The molecule has 3 N–H and O–H groups in total. The van der Waals surface area contributed by atoms with Crippen molar-refractivity contribution in [3.05, 3.63) is 0 Å². The molecule has 1 saturated heterocycles. The highest BCUT2D eigenvalue weighted by molar-refractivity contribution is 5.93. The lowest BCUT2D eigenvalue weighted by molar-refractivity contribution is -0.142. The maximum atomic E-state index is 11.8. The van der Waals surface area contributed by atoms with E-state index in [-0.39, 0.29) is 24.8 Å². The number of aliphatic imine (C=N–C) groups is 2. The van der Waals surface area contributed by atoms with E-state index in [1.165, 1.54) is 12.6 Å². The van der Waals surface area contributed by atoms with Crippen molar-refractivity contribution in [2.75, 3.05) is 0 Å². The Labute approximate surface area is 109 Å². The number of nitrogens with one attached hydrogen (secondary N) is 2. The fraction of sp³-hybridized carbons (Fsp3) is 0.545. The van der Waals surface area contributed by atoms with Crippen LogP contribution in [0.5, 0.6) is 0 Å². The molecular formula is C11H14N4O4. The van der Waals surface area contributed by atoms with Gasteiger partial charge in [-0.1, -0.05) is 0 Å². The van der Waals surface area contributed by atoms with Crippen LogP contribution in [-0.4, -0.2) is 53.6 Å². The van der Waals surface area contributed by atoms with Gasteiger partial charge in [0.05, 0.1) is 6.04 Å². The Kier molecular flexibility index (Phi) is 3.88. The zero-order valence-electron chi connectivity index (χ0n) is 10.1. The molecule has 0 saturated carbocycles. The lowest BCUT2D eigenvalue weighted by atomic mass is 10.1. The van der Waals surface area contributed by atoms with Crippen molar-refractivity contribution in [1.29, 1.82) is 0 Å². The predicted molar refractivity (Wildman–Crippen MR) is 66.1 cm³/mol. The minimum atomic E-state index is -1.13. The van der Waals surface area contributed by atoms with Crippen LogP contribution in [0.15, 0.2) is 9.98 Å². The van der Waals surface area contributed by atoms with Crippen molar-refractivity contribution in [2.45, 2.75) is 37.4 Å². The molecule has 19 heavy (non-hydrogen) atoms. The van der Waals surface area contributed by atoms with Crippen molar-refractivity contribution < 1.29 is 19.5 Å². The number of carboxylic acid groups (broad SMARTS) is 1. The number of hydrogen-bond donors (Lipinski definition) is 3. The predicted octanol–water partition coefficient (Wildman–Crippen LogP) is -1.29. The summed E-state index contributed by atoms with van der Waals surface area (Å²) in [4.78, 5) is 41.6. The van der Waals surface area contributed by atoms with E-state index in [0.717, 1.165) is 0 Å². The second kappa shape index (κ2) is 5.59. The van der Waals surface area contributed by atoms with E-state index in [4.69, 9.17) is 5.11 Å². The standard InChI is InChI=1S/C11H14N4O4/c16-9-2-1-7(14-9)10(17)15-8(11(18)19)3-6-4-12-5-13-6/h4-8H,1-3H2,(H,14,16)(H,15,17)(H,18,19)/t6-,7-,8-/m1/s1. The van der Waals surface area contributed by atoms with Crippen LogP contribution in [0.1, 0.15) is 19.3 Å². The highest BCUT2D eigenvalue weighted by Gasteiger charge is 2.31. The van der Waals surface area contributed by atoms with Gasteiger partial charge in [-0.15, -0.1) is 0 Å². The Morgan fingerprint density at radius 2 is 2.37 bits per heavy atom. The van der Waals surface area contributed by atoms with Crippen molar-refractivity contribution in [3.8, 4) is 0 Å². The van der Waals surface area contributed by atoms with Crippen molar-refractivity contribution >= 4 is 30.3 Å². The Bertz CT molecular complexity index is 448. The molecule has 0 aromatic heterocycles. The maximum absolute atomic E-state index is 11.8. The van der Waals surface area contributed by atoms with Crippen LogP contribution in [-0.2, 0) is 14.4 Å². The number of rotatable bonds is 5. The zero-order valence-corrected chi connectivity index (χ0v) is 10.1. The molecule has 2 amide bonds. The molecule has 2 heterocycles. The molecule has 8 nitrogen and oxygen atoms in total. The first-order valence-electron chi connectivity index (χ1n) is 5.94. The minimum absolute atomic E-state index is 0.141. The summed E-state index contributed by atoms with van der Waals surface area (Å²) >= 11 is 0. The van der Waals surface area contributed by atoms with Crippen LogP contribution in [0.4, 0.5) is 0 Å². The summed E-state index contributed by atoms with van der Waals surface area (Å²) in [5.41, 5.74) is 0. The second-order valence-electron chi connectivity index (χ2n) is 4.42. The number of aliphatic carboxylic acids is 1. The zero-order chi connectivity index (χ0) is 13.8. The van der Waals surface area contributed by atoms with Gasteiger partial charge in [0.1, 0.15) is 18.4 Å². The van der Waals surface area contributed by atoms with Gasteiger partial charge in [0.2, 0.25) is 11.8 Å². The minimum Gasteiger partial charge on any atom is -0.480 e. The summed E-state index contributed by atoms with van der Waals surface area (Å²) in [5.74, 6) is -1.80. The topological polar surface area (TPSA) is 120 Å². The van der Waals surface area contributed by atoms with E-state index in [2.05, 4.69) is 20.6 Å². The van der Waals surface area contributed by atoms with Gasteiger partial charge in [0.15, 0.2) is 0 Å². The van der Waals surface area contributed by atoms with Crippen LogP contribution in [0.2, 0.25) is 0 Å². The maximum Gasteiger partial charge on any atom is 0.326 e. The first kappa shape index (κ1) is 13.2. The number of nitrogens with zero attached hydrogens (tertiary/aromatic N) is 2. The van der Waals surface area contributed by atoms with E-state index in [1.807, 2.05) is 0 Å². The molecule has 2 rings (SSSR count). The number of carbonyl (C=O) groups is 3. The third-order valence-corrected chi connectivity index (χ3v) is 2.99. The molecule has 0 unspecified atom stereocenters. The third kappa shape index (κ3) is 3.36. The number of amides is 2. The highest BCUT2D eigenvalue weighted by atomic mass is 16.4. The van der Waals surface area contributed by atoms with Gasteiger partial charge in [-0.25, -0.2) is 9.79 Å². The molecule has 0 radical (unpaired) electrons. The normalized spacial score (nSPS) is 26.2. The Morgan fingerprint density at radius 1 is 1.58 bits per heavy atom. The van der Waals surface area contributed by atoms with Crippen molar-refractivity contribution in [2.24, 2.45) is 9.98 Å². The molecule has 8 heteroatoms. The van der Waals surface area contributed by atoms with E-state index in [0.29, 0.717) is 6.42 Å². The van der Waals surface area contributed by atoms with Gasteiger partial charge >= 0.3 is 5.97 Å². The van der Waals surface area contributed by atoms with Crippen LogP contribution >= 0.6 is 0 Å². The molecule has 0 spiro atoms. The summed E-state index contributed by atoms with van der Waals surface area (Å²) in [6.45, 7) is 0. The number of carboxylic acids is 1. The fourth-order valence-corrected chi connectivity index (χ4v) is 1.97. The third-order valence-electron chi connectivity index (χ3n) is 2.99. The lowest BCUT2D eigenvalue weighted by Crippen LogP contribution is -2.49. The molecule has 0 aromatic rings. The van der Waals surface area contributed by atoms with Gasteiger partial charge in [-0.2, -0.15) is 0 Å². The van der Waals surface area contributed by atoms with Crippen LogP contribution in [0.3, 0.4) is 0 Å². The number of hydrogen-bond acceptors (Lipinski definition) is 5. The Hall–Kier alpha value is -2.25. The smallest absolute Gasteiger partial charge is 0.326 e. The van der Waals surface area contributed by atoms with Crippen LogP contribution in [0, 0.1) is 0 Å². The molecular weight excluding hydrogens is 252 g/mol. The van der Waals surface area contributed by atoms with E-state index in [1.54, 1.807) is 0 Å². The molecule has 0 aliphatic carbocycles. The summed E-state index contributed by atoms with van der Waals surface area (Å²) < 4.78 is 0. The molecule has 3 atom stereocenters. The molecule has 102 valence electrons. The average molecular weight is 266 g/mol. The van der Waals surface area contributed by atoms with Crippen molar-refractivity contribution in [1.82, 2.24) is 10.6 Å². The summed E-state index contributed by atoms with van der Waals surface area (Å²) in [6.07, 6.45) is 3.69. The summed E-state index contributed by atoms with van der Waals surface area (Å²) in [5, 5.41) is 14.0. The van der Waals surface area contributed by atoms with Crippen LogP contribution in [0.25, 0.3) is 0 Å². The second-order valence-corrected chi connectivity index (χ2v) is 4.42. The Morgan fingerprint density at radius 3 is 2.89 bits per heavy atom. The molecule has 0 bridgehead atoms. The van der Waals surface area contributed by atoms with E-state index < -0.39 is 24.0 Å². The van der Waals surface area contributed by atoms with Crippen molar-refractivity contribution in [3.63, 3.8) is 0 Å². The average Bonchev–Trinajstić information content (AvgIpc) is 2.99. The van der Waals surface area contributed by atoms with E-state index >= 15 is 0 Å². The van der Waals surface area contributed by atoms with Gasteiger partial charge in [0.25, 0.3) is 0 Å². The quantitative estimate of drug-likeness (QED) is 0.573. The van der Waals surface area contributed by atoms with Gasteiger partial charge < -0.3 is 15.7 Å². The van der Waals surface area contributed by atoms with Crippen LogP contribution < -0.4 is 10.6 Å². The molecule has 0 aromatic carbocycles. The highest BCUT2D eigenvalue weighted by Crippen LogP contribution is 2.09. The first-order chi connectivity index (χ1) is 9.06. The lowest BCUT2D eigenvalue weighted by Gasteiger charge is -2.18. The van der Waals surface area contributed by atoms with Gasteiger partial charge in [-0.3, -0.25) is 14.6 Å². The largest absolute Gasteiger partial charge is 0.480 e. The molecule has 1 fully saturated rings. The first-order valence-corrected chi connectivity index (χ1v) is 5.94. The SMILES string of the molecule is O=C1CC[C@H](C(=O)N[C@H](C[C@@H]2C=NC=N2)C(=O)O)N1. The monoisotopic (exact) mass is 266 g/mol. The summed E-state index contributed by atoms with van der Waals surface area (Å²) in [7, 11) is 0. The van der Waals surface area contributed by atoms with Gasteiger partial charge in [0, 0.05) is 19.1 Å². The van der Waals surface area contributed by atoms with E-state index in [9.17, 15) is 14.4 Å². The fourth-order valence-electron chi connectivity index (χ4n) is 1.97. The molecule has 2 aliphatic heterocycles. The Balaban J connectivity index is 1.90. The molecule has 2 aliphatic rings.